The lowest BCUT2D eigenvalue weighted by Crippen LogP contribution is -2.67. The van der Waals surface area contributed by atoms with Gasteiger partial charge in [0.05, 0.1) is 17.8 Å². The van der Waals surface area contributed by atoms with Gasteiger partial charge < -0.3 is 14.9 Å². The molecule has 2 aromatic rings. The molecule has 264 valence electrons. The van der Waals surface area contributed by atoms with Gasteiger partial charge in [0.1, 0.15) is 4.21 Å². The first-order valence-electron chi connectivity index (χ1n) is 17.7. The topological polar surface area (TPSA) is 104 Å². The number of ketones is 1. The predicted octanol–water partition coefficient (Wildman–Crippen LogP) is 6.67. The van der Waals surface area contributed by atoms with Crippen LogP contribution in [0.15, 0.2) is 63.7 Å². The third-order valence-electron chi connectivity index (χ3n) is 14.1. The van der Waals surface area contributed by atoms with Crippen LogP contribution in [0, 0.1) is 45.1 Å². The summed E-state index contributed by atoms with van der Waals surface area (Å²) in [5.74, 6) is -2.70. The zero-order valence-corrected chi connectivity index (χ0v) is 29.7. The Balaban J connectivity index is 1.23. The van der Waals surface area contributed by atoms with Gasteiger partial charge >= 0.3 is 0 Å². The lowest BCUT2D eigenvalue weighted by molar-refractivity contribution is -0.174. The van der Waals surface area contributed by atoms with E-state index in [0.717, 1.165) is 42.7 Å². The molecule has 6 aliphatic carbocycles. The second-order valence-corrected chi connectivity index (χ2v) is 19.2. The lowest BCUT2D eigenvalue weighted by Gasteiger charge is -2.71. The van der Waals surface area contributed by atoms with Crippen LogP contribution in [0.3, 0.4) is 0 Å². The second kappa shape index (κ2) is 11.4. The number of aliphatic hydroxyl groups is 2. The largest absolute Gasteiger partial charge is 0.393 e. The van der Waals surface area contributed by atoms with Gasteiger partial charge in [0.25, 0.3) is 10.0 Å². The van der Waals surface area contributed by atoms with E-state index in [1.807, 2.05) is 6.08 Å². The number of aliphatic hydroxyl groups excluding tert-OH is 1. The maximum atomic E-state index is 14.6. The molecule has 0 radical (unpaired) electrons. The summed E-state index contributed by atoms with van der Waals surface area (Å²) in [6, 6.07) is 6.59. The first-order chi connectivity index (χ1) is 23.2. The maximum absolute atomic E-state index is 14.6. The van der Waals surface area contributed by atoms with Crippen molar-refractivity contribution in [2.24, 2.45) is 33.5 Å². The van der Waals surface area contributed by atoms with Gasteiger partial charge in [0.2, 0.25) is 0 Å². The van der Waals surface area contributed by atoms with Crippen LogP contribution in [-0.2, 0) is 14.8 Å². The Morgan fingerprint density at radius 3 is 2.49 bits per heavy atom. The summed E-state index contributed by atoms with van der Waals surface area (Å²) in [5.41, 5.74) is -3.24. The molecule has 1 aromatic carbocycles. The number of carbonyl (C=O) groups excluding carboxylic acids is 1. The minimum atomic E-state index is -3.93. The smallest absolute Gasteiger partial charge is 0.252 e. The number of carbonyl (C=O) groups is 1. The van der Waals surface area contributed by atoms with E-state index in [4.69, 9.17) is 4.74 Å². The minimum absolute atomic E-state index is 0.00464. The SMILES string of the molecule is CC12CCC(O)CC13C=CC1(C(C(=O)c4ccc(F)c(F)c4)=C3)C2CCC2(C)C1CCC2(O)CN(CC1CCCO1)S(=O)(=O)c1cccs1. The molecular formula is C38H45F2NO6S2. The number of Topliss-reactive ketones (excluding diaryl/α,β-unsaturated/α-hetero) is 1. The van der Waals surface area contributed by atoms with Crippen molar-refractivity contribution in [3.8, 4) is 0 Å². The lowest BCUT2D eigenvalue weighted by atomic mass is 9.32. The molecule has 9 unspecified atom stereocenters. The van der Waals surface area contributed by atoms with Crippen LogP contribution in [0.2, 0.25) is 0 Å². The molecule has 7 nitrogen and oxygen atoms in total. The Hall–Kier alpha value is -2.28. The van der Waals surface area contributed by atoms with Gasteiger partial charge in [-0.2, -0.15) is 4.31 Å². The Labute approximate surface area is 291 Å². The molecule has 2 heterocycles. The minimum Gasteiger partial charge on any atom is -0.393 e. The molecule has 2 bridgehead atoms. The molecule has 0 amide bonds. The highest BCUT2D eigenvalue weighted by atomic mass is 32.2. The highest BCUT2D eigenvalue weighted by molar-refractivity contribution is 7.91. The summed E-state index contributed by atoms with van der Waals surface area (Å²) in [6.45, 7) is 4.98. The number of hydrogen-bond acceptors (Lipinski definition) is 7. The number of benzene rings is 1. The number of allylic oxidation sites excluding steroid dienone is 4. The van der Waals surface area contributed by atoms with Gasteiger partial charge in [-0.05, 0) is 105 Å². The summed E-state index contributed by atoms with van der Waals surface area (Å²) in [7, 11) is -3.93. The Morgan fingerprint density at radius 1 is 1.02 bits per heavy atom. The Kier molecular flexibility index (Phi) is 7.84. The molecular weight excluding hydrogens is 669 g/mol. The van der Waals surface area contributed by atoms with Gasteiger partial charge in [-0.1, -0.05) is 38.1 Å². The van der Waals surface area contributed by atoms with Crippen molar-refractivity contribution in [2.75, 3.05) is 19.7 Å². The monoisotopic (exact) mass is 713 g/mol. The van der Waals surface area contributed by atoms with Crippen molar-refractivity contribution in [1.82, 2.24) is 4.31 Å². The van der Waals surface area contributed by atoms with E-state index in [9.17, 15) is 32.2 Å². The molecule has 3 saturated carbocycles. The van der Waals surface area contributed by atoms with Gasteiger partial charge in [-0.3, -0.25) is 4.79 Å². The average molecular weight is 714 g/mol. The van der Waals surface area contributed by atoms with Crippen molar-refractivity contribution in [3.05, 3.63) is 76.7 Å². The highest BCUT2D eigenvalue weighted by Crippen LogP contribution is 2.78. The molecule has 7 aliphatic rings. The molecule has 2 spiro atoms. The van der Waals surface area contributed by atoms with Gasteiger partial charge in [0, 0.05) is 47.1 Å². The van der Waals surface area contributed by atoms with Crippen LogP contribution in [-0.4, -0.2) is 66.2 Å². The first-order valence-corrected chi connectivity index (χ1v) is 20.0. The molecule has 4 fully saturated rings. The number of fused-ring (bicyclic) bond motifs is 1. The van der Waals surface area contributed by atoms with E-state index in [1.54, 1.807) is 17.5 Å². The van der Waals surface area contributed by atoms with Crippen LogP contribution < -0.4 is 0 Å². The van der Waals surface area contributed by atoms with Gasteiger partial charge in [-0.15, -0.1) is 11.3 Å². The molecule has 1 aromatic heterocycles. The molecule has 1 saturated heterocycles. The summed E-state index contributed by atoms with van der Waals surface area (Å²) < 4.78 is 64.4. The number of hydrogen-bond donors (Lipinski definition) is 2. The molecule has 9 rings (SSSR count). The molecule has 9 atom stereocenters. The van der Waals surface area contributed by atoms with Gasteiger partial charge in [-0.25, -0.2) is 17.2 Å². The van der Waals surface area contributed by atoms with Crippen LogP contribution in [0.4, 0.5) is 8.78 Å². The normalized spacial score (nSPS) is 41.0. The number of ether oxygens (including phenoxy) is 1. The summed E-state index contributed by atoms with van der Waals surface area (Å²) in [4.78, 5) is 14.6. The quantitative estimate of drug-likeness (QED) is 0.234. The zero-order valence-electron chi connectivity index (χ0n) is 28.0. The van der Waals surface area contributed by atoms with Crippen LogP contribution in [0.5, 0.6) is 0 Å². The Bertz CT molecular complexity index is 1840. The third-order valence-corrected chi connectivity index (χ3v) is 17.3. The van der Waals surface area contributed by atoms with E-state index in [0.29, 0.717) is 50.7 Å². The summed E-state index contributed by atoms with van der Waals surface area (Å²) in [6.07, 6.45) is 11.4. The first kappa shape index (κ1) is 33.8. The van der Waals surface area contributed by atoms with Crippen LogP contribution >= 0.6 is 11.3 Å². The number of nitrogens with zero attached hydrogens (tertiary/aromatic N) is 1. The van der Waals surface area contributed by atoms with Crippen molar-refractivity contribution in [1.29, 1.82) is 0 Å². The number of rotatable bonds is 8. The van der Waals surface area contributed by atoms with E-state index in [2.05, 4.69) is 26.0 Å². The van der Waals surface area contributed by atoms with Gasteiger partial charge in [0.15, 0.2) is 17.4 Å². The molecule has 2 N–H and O–H groups in total. The second-order valence-electron chi connectivity index (χ2n) is 16.1. The highest BCUT2D eigenvalue weighted by Gasteiger charge is 2.74. The number of thiophene rings is 1. The molecule has 11 heteroatoms. The van der Waals surface area contributed by atoms with Crippen molar-refractivity contribution in [3.63, 3.8) is 0 Å². The molecule has 1 aliphatic heterocycles. The van der Waals surface area contributed by atoms with E-state index < -0.39 is 49.6 Å². The van der Waals surface area contributed by atoms with Crippen LogP contribution in [0.1, 0.15) is 82.0 Å². The Morgan fingerprint density at radius 2 is 1.78 bits per heavy atom. The summed E-state index contributed by atoms with van der Waals surface area (Å²) >= 11 is 1.16. The average Bonchev–Trinajstić information content (AvgIpc) is 3.84. The fourth-order valence-corrected chi connectivity index (χ4v) is 14.2. The van der Waals surface area contributed by atoms with Crippen molar-refractivity contribution in [2.45, 2.75) is 93.7 Å². The summed E-state index contributed by atoms with van der Waals surface area (Å²) in [5, 5.41) is 25.6. The number of sulfonamides is 1. The van der Waals surface area contributed by atoms with E-state index in [1.165, 1.54) is 10.4 Å². The van der Waals surface area contributed by atoms with Crippen molar-refractivity contribution < 1.29 is 36.9 Å². The van der Waals surface area contributed by atoms with E-state index >= 15 is 0 Å². The third kappa shape index (κ3) is 4.68. The zero-order chi connectivity index (χ0) is 34.6. The maximum Gasteiger partial charge on any atom is 0.252 e. The van der Waals surface area contributed by atoms with Crippen LogP contribution in [0.25, 0.3) is 0 Å². The fourth-order valence-electron chi connectivity index (χ4n) is 11.5. The number of halogens is 2. The fraction of sp³-hybridized carbons (Fsp3) is 0.605. The standard InChI is InChI=1S/C38H45F2NO6S2/c1-34-12-9-25(42)20-36(34)15-16-38(27(21-36)33(43)24-7-8-28(39)29(40)19-24)30(34)10-13-35(2)31(38)11-14-37(35,44)23-41(22-26-5-3-17-47-26)49(45,46)32-6-4-18-48-32/h4,6-8,15-16,18-19,21,25-26,30-31,42,44H,3,5,9-14,17,20,22-23H2,1-2H3. The van der Waals surface area contributed by atoms with Crippen molar-refractivity contribution >= 4 is 27.1 Å². The van der Waals surface area contributed by atoms with E-state index in [-0.39, 0.29) is 52.0 Å². The predicted molar refractivity (Wildman–Crippen MR) is 181 cm³/mol. The molecule has 49 heavy (non-hydrogen) atoms.